The van der Waals surface area contributed by atoms with Gasteiger partial charge in [-0.3, -0.25) is 4.79 Å². The van der Waals surface area contributed by atoms with E-state index in [2.05, 4.69) is 15.9 Å². The van der Waals surface area contributed by atoms with Gasteiger partial charge in [-0.15, -0.1) is 0 Å². The number of ketones is 1. The van der Waals surface area contributed by atoms with Gasteiger partial charge in [-0.1, -0.05) is 39.7 Å². The topological polar surface area (TPSA) is 54.0 Å². The Morgan fingerprint density at radius 2 is 1.94 bits per heavy atom. The molecule has 7 heteroatoms. The van der Waals surface area contributed by atoms with Crippen LogP contribution in [-0.4, -0.2) is 12.6 Å². The second-order valence-corrected chi connectivity index (χ2v) is 8.46. The lowest BCUT2D eigenvalue weighted by molar-refractivity contribution is -0.0165. The molecule has 0 unspecified atom stereocenters. The van der Waals surface area contributed by atoms with Crippen molar-refractivity contribution in [1.29, 1.82) is 0 Å². The van der Waals surface area contributed by atoms with Gasteiger partial charge in [0.1, 0.15) is 23.9 Å². The Bertz CT molecular complexity index is 1200. The zero-order valence-electron chi connectivity index (χ0n) is 16.2. The van der Waals surface area contributed by atoms with Crippen molar-refractivity contribution in [2.45, 2.75) is 13.2 Å². The summed E-state index contributed by atoms with van der Waals surface area (Å²) in [5.74, 6) is 1.74. The highest BCUT2D eigenvalue weighted by Crippen LogP contribution is 2.38. The summed E-state index contributed by atoms with van der Waals surface area (Å²) in [5.41, 5.74) is 3.03. The van der Waals surface area contributed by atoms with Crippen LogP contribution in [0.3, 0.4) is 0 Å². The number of rotatable bonds is 4. The number of hydrogen-bond donors (Lipinski definition) is 0. The van der Waals surface area contributed by atoms with Crippen LogP contribution in [0.4, 0.5) is 0 Å². The van der Waals surface area contributed by atoms with E-state index in [1.165, 1.54) is 0 Å². The Labute approximate surface area is 192 Å². The van der Waals surface area contributed by atoms with Crippen molar-refractivity contribution >= 4 is 39.4 Å². The lowest BCUT2D eigenvalue weighted by atomic mass is 10.1. The van der Waals surface area contributed by atoms with Crippen LogP contribution in [0.25, 0.3) is 6.08 Å². The number of allylic oxidation sites excluding steroid dienone is 1. The van der Waals surface area contributed by atoms with E-state index in [9.17, 15) is 4.79 Å². The molecule has 0 spiro atoms. The van der Waals surface area contributed by atoms with Crippen molar-refractivity contribution in [2.24, 2.45) is 0 Å². The van der Waals surface area contributed by atoms with E-state index in [4.69, 9.17) is 30.5 Å². The number of Topliss-reactive ketones (excluding diaryl/α,β-unsaturated/α-hetero) is 1. The maximum Gasteiger partial charge on any atom is 0.231 e. The molecule has 0 radical (unpaired) electrons. The first-order valence-electron chi connectivity index (χ1n) is 9.55. The SMILES string of the molecule is O=C1/C(=C/c2cc(Cl)cc3c2OCOC3)Oc2cc(OCc3ccc(Br)cc3)ccc21. The third-order valence-electron chi connectivity index (χ3n) is 4.95. The van der Waals surface area contributed by atoms with Crippen molar-refractivity contribution in [1.82, 2.24) is 0 Å². The quantitative estimate of drug-likeness (QED) is 0.402. The Balaban J connectivity index is 1.38. The van der Waals surface area contributed by atoms with Crippen molar-refractivity contribution in [2.75, 3.05) is 6.79 Å². The zero-order valence-corrected chi connectivity index (χ0v) is 18.5. The van der Waals surface area contributed by atoms with Gasteiger partial charge in [-0.25, -0.2) is 0 Å². The van der Waals surface area contributed by atoms with E-state index in [0.29, 0.717) is 46.6 Å². The monoisotopic (exact) mass is 498 g/mol. The van der Waals surface area contributed by atoms with Crippen molar-refractivity contribution in [3.63, 3.8) is 0 Å². The molecule has 0 aliphatic carbocycles. The van der Waals surface area contributed by atoms with Crippen LogP contribution in [0.2, 0.25) is 5.02 Å². The van der Waals surface area contributed by atoms with E-state index in [-0.39, 0.29) is 18.3 Å². The van der Waals surface area contributed by atoms with Crippen LogP contribution in [0.1, 0.15) is 27.0 Å². The van der Waals surface area contributed by atoms with Crippen molar-refractivity contribution < 1.29 is 23.7 Å². The second kappa shape index (κ2) is 8.38. The molecule has 2 heterocycles. The molecule has 5 rings (SSSR count). The normalized spacial score (nSPS) is 15.8. The molecule has 0 bridgehead atoms. The standard InChI is InChI=1S/C24H16BrClO5/c25-17-3-1-14(2-4-17)11-29-19-5-6-20-21(10-19)31-22(23(20)27)9-15-7-18(26)8-16-12-28-13-30-24(15)16/h1-10H,11-13H2/b22-9-. The predicted octanol–water partition coefficient (Wildman–Crippen LogP) is 6.16. The van der Waals surface area contributed by atoms with E-state index in [0.717, 1.165) is 15.6 Å². The Morgan fingerprint density at radius 1 is 1.10 bits per heavy atom. The molecule has 0 amide bonds. The molecule has 0 atom stereocenters. The summed E-state index contributed by atoms with van der Waals surface area (Å²) in [6, 6.07) is 16.6. The first-order chi connectivity index (χ1) is 15.1. The van der Waals surface area contributed by atoms with Crippen LogP contribution in [0.5, 0.6) is 17.2 Å². The van der Waals surface area contributed by atoms with Crippen molar-refractivity contribution in [3.05, 3.63) is 92.1 Å². The number of carbonyl (C=O) groups is 1. The molecule has 3 aromatic carbocycles. The smallest absolute Gasteiger partial charge is 0.231 e. The molecule has 5 nitrogen and oxygen atoms in total. The van der Waals surface area contributed by atoms with E-state index in [1.54, 1.807) is 36.4 Å². The minimum absolute atomic E-state index is 0.152. The number of benzene rings is 3. The Morgan fingerprint density at radius 3 is 2.77 bits per heavy atom. The summed E-state index contributed by atoms with van der Waals surface area (Å²) in [6.07, 6.45) is 1.65. The van der Waals surface area contributed by atoms with Crippen LogP contribution in [-0.2, 0) is 18.0 Å². The molecule has 156 valence electrons. The molecule has 31 heavy (non-hydrogen) atoms. The van der Waals surface area contributed by atoms with Gasteiger partial charge in [-0.05, 0) is 48.0 Å². The predicted molar refractivity (Wildman–Crippen MR) is 120 cm³/mol. The lowest BCUT2D eigenvalue weighted by Crippen LogP contribution is -2.12. The minimum atomic E-state index is -0.199. The summed E-state index contributed by atoms with van der Waals surface area (Å²) in [6.45, 7) is 0.968. The van der Waals surface area contributed by atoms with E-state index in [1.807, 2.05) is 24.3 Å². The molecule has 0 aromatic heterocycles. The Hall–Kier alpha value is -2.80. The minimum Gasteiger partial charge on any atom is -0.489 e. The molecule has 2 aliphatic rings. The first-order valence-corrected chi connectivity index (χ1v) is 10.7. The summed E-state index contributed by atoms with van der Waals surface area (Å²) < 4.78 is 23.7. The average molecular weight is 500 g/mol. The van der Waals surface area contributed by atoms with Gasteiger partial charge in [0, 0.05) is 26.7 Å². The highest BCUT2D eigenvalue weighted by Gasteiger charge is 2.28. The molecule has 0 N–H and O–H groups in total. The van der Waals surface area contributed by atoms with Gasteiger partial charge in [0.25, 0.3) is 0 Å². The summed E-state index contributed by atoms with van der Waals surface area (Å²) in [4.78, 5) is 12.8. The maximum atomic E-state index is 12.8. The average Bonchev–Trinajstić information content (AvgIpc) is 3.08. The number of halogens is 2. The van der Waals surface area contributed by atoms with Crippen LogP contribution >= 0.6 is 27.5 Å². The number of carbonyl (C=O) groups excluding carboxylic acids is 1. The first kappa shape index (κ1) is 20.1. The third-order valence-corrected chi connectivity index (χ3v) is 5.70. The summed E-state index contributed by atoms with van der Waals surface area (Å²) >= 11 is 9.64. The molecule has 0 fully saturated rings. The summed E-state index contributed by atoms with van der Waals surface area (Å²) in [5, 5.41) is 0.534. The third kappa shape index (κ3) is 4.19. The summed E-state index contributed by atoms with van der Waals surface area (Å²) in [7, 11) is 0. The van der Waals surface area contributed by atoms with Gasteiger partial charge in [0.05, 0.1) is 12.2 Å². The fraction of sp³-hybridized carbons (Fsp3) is 0.125. The highest BCUT2D eigenvalue weighted by atomic mass is 79.9. The van der Waals surface area contributed by atoms with Gasteiger partial charge < -0.3 is 18.9 Å². The van der Waals surface area contributed by atoms with Crippen LogP contribution in [0.15, 0.2) is 64.8 Å². The van der Waals surface area contributed by atoms with Crippen LogP contribution < -0.4 is 14.2 Å². The molecular weight excluding hydrogens is 484 g/mol. The fourth-order valence-corrected chi connectivity index (χ4v) is 3.97. The zero-order chi connectivity index (χ0) is 21.4. The number of hydrogen-bond acceptors (Lipinski definition) is 5. The van der Waals surface area contributed by atoms with Gasteiger partial charge in [0.15, 0.2) is 12.6 Å². The number of fused-ring (bicyclic) bond motifs is 2. The molecular formula is C24H16BrClO5. The van der Waals surface area contributed by atoms with Gasteiger partial charge in [-0.2, -0.15) is 0 Å². The molecule has 0 saturated heterocycles. The maximum absolute atomic E-state index is 12.8. The lowest BCUT2D eigenvalue weighted by Gasteiger charge is -2.20. The van der Waals surface area contributed by atoms with Gasteiger partial charge in [0.2, 0.25) is 5.78 Å². The number of ether oxygens (including phenoxy) is 4. The molecule has 3 aromatic rings. The largest absolute Gasteiger partial charge is 0.489 e. The van der Waals surface area contributed by atoms with Crippen molar-refractivity contribution in [3.8, 4) is 17.2 Å². The molecule has 0 saturated carbocycles. The van der Waals surface area contributed by atoms with Gasteiger partial charge >= 0.3 is 0 Å². The van der Waals surface area contributed by atoms with E-state index < -0.39 is 0 Å². The van der Waals surface area contributed by atoms with E-state index >= 15 is 0 Å². The second-order valence-electron chi connectivity index (χ2n) is 7.11. The Kier molecular flexibility index (Phi) is 5.44. The van der Waals surface area contributed by atoms with Crippen LogP contribution in [0, 0.1) is 0 Å². The molecule has 2 aliphatic heterocycles. The fourth-order valence-electron chi connectivity index (χ4n) is 3.46. The highest BCUT2D eigenvalue weighted by molar-refractivity contribution is 9.10.